The van der Waals surface area contributed by atoms with Gasteiger partial charge in [0.1, 0.15) is 5.60 Å². The highest BCUT2D eigenvalue weighted by Crippen LogP contribution is 2.12. The van der Waals surface area contributed by atoms with E-state index in [1.54, 1.807) is 45.9 Å². The zero-order valence-electron chi connectivity index (χ0n) is 12.2. The largest absolute Gasteiger partial charge is 0.444 e. The molecule has 1 atom stereocenters. The van der Waals surface area contributed by atoms with Crippen LogP contribution in [0.1, 0.15) is 33.3 Å². The second-order valence-corrected chi connectivity index (χ2v) is 6.08. The van der Waals surface area contributed by atoms with Crippen LogP contribution in [-0.2, 0) is 16.0 Å². The molecule has 0 aromatic heterocycles. The highest BCUT2D eigenvalue weighted by Gasteiger charge is 2.21. The van der Waals surface area contributed by atoms with Gasteiger partial charge in [0.2, 0.25) is 0 Å². The number of rotatable bonds is 4. The molecule has 0 aliphatic rings. The lowest BCUT2D eigenvalue weighted by molar-refractivity contribution is -0.120. The van der Waals surface area contributed by atoms with E-state index < -0.39 is 17.7 Å². The normalized spacial score (nSPS) is 12.7. The number of amides is 1. The van der Waals surface area contributed by atoms with Gasteiger partial charge in [-0.05, 0) is 45.4 Å². The topological polar surface area (TPSA) is 55.4 Å². The number of hydrogen-bond donors (Lipinski definition) is 1. The minimum absolute atomic E-state index is 0.0990. The van der Waals surface area contributed by atoms with Crippen molar-refractivity contribution in [2.45, 2.75) is 45.8 Å². The Morgan fingerprint density at radius 1 is 1.35 bits per heavy atom. The molecule has 110 valence electrons. The molecule has 1 N–H and O–H groups in total. The first kappa shape index (κ1) is 16.5. The van der Waals surface area contributed by atoms with Gasteiger partial charge in [-0.25, -0.2) is 4.79 Å². The predicted octanol–water partition coefficient (Wildman–Crippen LogP) is 3.36. The number of carbonyl (C=O) groups is 2. The summed E-state index contributed by atoms with van der Waals surface area (Å²) in [7, 11) is 0. The van der Waals surface area contributed by atoms with Crippen LogP contribution in [0, 0.1) is 0 Å². The summed E-state index contributed by atoms with van der Waals surface area (Å²) in [5.74, 6) is -0.0990. The first-order chi connectivity index (χ1) is 9.17. The van der Waals surface area contributed by atoms with Crippen molar-refractivity contribution < 1.29 is 14.3 Å². The molecule has 0 spiro atoms. The van der Waals surface area contributed by atoms with E-state index in [-0.39, 0.29) is 12.2 Å². The number of halogens is 1. The maximum absolute atomic E-state index is 12.0. The molecular weight excluding hydrogens is 278 g/mol. The number of ether oxygens (including phenoxy) is 1. The van der Waals surface area contributed by atoms with Crippen LogP contribution in [0.2, 0.25) is 5.02 Å². The monoisotopic (exact) mass is 297 g/mol. The van der Waals surface area contributed by atoms with Crippen molar-refractivity contribution in [3.05, 3.63) is 34.9 Å². The Morgan fingerprint density at radius 2 is 2.00 bits per heavy atom. The van der Waals surface area contributed by atoms with E-state index in [2.05, 4.69) is 5.32 Å². The van der Waals surface area contributed by atoms with Crippen LogP contribution in [0.3, 0.4) is 0 Å². The molecule has 0 aliphatic carbocycles. The quantitative estimate of drug-likeness (QED) is 0.927. The number of Topliss-reactive ketones (excluding diaryl/α,β-unsaturated/α-hetero) is 1. The Kier molecular flexibility index (Phi) is 5.57. The summed E-state index contributed by atoms with van der Waals surface area (Å²) in [5, 5.41) is 3.11. The van der Waals surface area contributed by atoms with Crippen molar-refractivity contribution in [1.29, 1.82) is 0 Å². The molecule has 5 heteroatoms. The molecule has 1 amide bonds. The number of alkyl carbamates (subject to hydrolysis) is 1. The molecule has 0 bridgehead atoms. The van der Waals surface area contributed by atoms with E-state index in [1.165, 1.54) is 0 Å². The summed E-state index contributed by atoms with van der Waals surface area (Å²) in [6.45, 7) is 6.94. The Morgan fingerprint density at radius 3 is 2.55 bits per heavy atom. The zero-order valence-corrected chi connectivity index (χ0v) is 13.0. The SMILES string of the molecule is CC(NC(=O)OC(C)(C)C)C(=O)Cc1cccc(Cl)c1. The fourth-order valence-corrected chi connectivity index (χ4v) is 1.78. The average molecular weight is 298 g/mol. The highest BCUT2D eigenvalue weighted by atomic mass is 35.5. The summed E-state index contributed by atoms with van der Waals surface area (Å²) < 4.78 is 5.10. The van der Waals surface area contributed by atoms with Gasteiger partial charge in [0.15, 0.2) is 5.78 Å². The number of nitrogens with one attached hydrogen (secondary N) is 1. The molecule has 0 fully saturated rings. The van der Waals surface area contributed by atoms with Crippen LogP contribution >= 0.6 is 11.6 Å². The summed E-state index contributed by atoms with van der Waals surface area (Å²) in [4.78, 5) is 23.6. The maximum Gasteiger partial charge on any atom is 0.408 e. The molecule has 0 radical (unpaired) electrons. The fourth-order valence-electron chi connectivity index (χ4n) is 1.57. The van der Waals surface area contributed by atoms with Crippen LogP contribution in [0.25, 0.3) is 0 Å². The van der Waals surface area contributed by atoms with Crippen molar-refractivity contribution in [2.75, 3.05) is 0 Å². The van der Waals surface area contributed by atoms with E-state index in [9.17, 15) is 9.59 Å². The lowest BCUT2D eigenvalue weighted by atomic mass is 10.1. The van der Waals surface area contributed by atoms with Crippen LogP contribution in [0.15, 0.2) is 24.3 Å². The van der Waals surface area contributed by atoms with Gasteiger partial charge in [-0.15, -0.1) is 0 Å². The van der Waals surface area contributed by atoms with Crippen molar-refractivity contribution in [3.63, 3.8) is 0 Å². The fraction of sp³-hybridized carbons (Fsp3) is 0.467. The molecule has 1 rings (SSSR count). The van der Waals surface area contributed by atoms with Crippen molar-refractivity contribution >= 4 is 23.5 Å². The van der Waals surface area contributed by atoms with E-state index in [0.29, 0.717) is 5.02 Å². The van der Waals surface area contributed by atoms with E-state index in [4.69, 9.17) is 16.3 Å². The molecule has 0 aliphatic heterocycles. The first-order valence-corrected chi connectivity index (χ1v) is 6.82. The number of hydrogen-bond acceptors (Lipinski definition) is 3. The minimum atomic E-state index is -0.608. The summed E-state index contributed by atoms with van der Waals surface area (Å²) in [6.07, 6.45) is -0.373. The standard InChI is InChI=1S/C15H20ClNO3/c1-10(17-14(19)20-15(2,3)4)13(18)9-11-6-5-7-12(16)8-11/h5-8,10H,9H2,1-4H3,(H,17,19). The van der Waals surface area contributed by atoms with Gasteiger partial charge in [-0.3, -0.25) is 4.79 Å². The summed E-state index contributed by atoms with van der Waals surface area (Å²) >= 11 is 5.86. The van der Waals surface area contributed by atoms with Crippen LogP contribution < -0.4 is 5.32 Å². The number of benzene rings is 1. The lowest BCUT2D eigenvalue weighted by Crippen LogP contribution is -2.42. The number of carbonyl (C=O) groups excluding carboxylic acids is 2. The molecule has 1 aromatic rings. The zero-order chi connectivity index (χ0) is 15.3. The van der Waals surface area contributed by atoms with Gasteiger partial charge >= 0.3 is 6.09 Å². The average Bonchev–Trinajstić information content (AvgIpc) is 2.25. The Balaban J connectivity index is 2.53. The Hall–Kier alpha value is -1.55. The van der Waals surface area contributed by atoms with Gasteiger partial charge < -0.3 is 10.1 Å². The maximum atomic E-state index is 12.0. The summed E-state index contributed by atoms with van der Waals surface area (Å²) in [6, 6.07) is 6.49. The second-order valence-electron chi connectivity index (χ2n) is 5.64. The van der Waals surface area contributed by atoms with Gasteiger partial charge in [-0.2, -0.15) is 0 Å². The van der Waals surface area contributed by atoms with Gasteiger partial charge in [0.05, 0.1) is 6.04 Å². The number of ketones is 1. The third kappa shape index (κ3) is 6.06. The van der Waals surface area contributed by atoms with Crippen LogP contribution in [-0.4, -0.2) is 23.5 Å². The third-order valence-corrected chi connectivity index (χ3v) is 2.72. The van der Waals surface area contributed by atoms with E-state index in [1.807, 2.05) is 6.07 Å². The molecular formula is C15H20ClNO3. The molecule has 20 heavy (non-hydrogen) atoms. The predicted molar refractivity (Wildman–Crippen MR) is 79.0 cm³/mol. The second kappa shape index (κ2) is 6.75. The molecule has 0 saturated heterocycles. The molecule has 0 heterocycles. The van der Waals surface area contributed by atoms with Gasteiger partial charge in [-0.1, -0.05) is 23.7 Å². The van der Waals surface area contributed by atoms with E-state index in [0.717, 1.165) is 5.56 Å². The molecule has 4 nitrogen and oxygen atoms in total. The third-order valence-electron chi connectivity index (χ3n) is 2.48. The first-order valence-electron chi connectivity index (χ1n) is 6.44. The van der Waals surface area contributed by atoms with Crippen molar-refractivity contribution in [2.24, 2.45) is 0 Å². The van der Waals surface area contributed by atoms with Crippen LogP contribution in [0.5, 0.6) is 0 Å². The Labute approximate surface area is 124 Å². The summed E-state index contributed by atoms with van der Waals surface area (Å²) in [5.41, 5.74) is 0.236. The molecule has 0 saturated carbocycles. The lowest BCUT2D eigenvalue weighted by Gasteiger charge is -2.21. The van der Waals surface area contributed by atoms with E-state index >= 15 is 0 Å². The minimum Gasteiger partial charge on any atom is -0.444 e. The highest BCUT2D eigenvalue weighted by molar-refractivity contribution is 6.30. The van der Waals surface area contributed by atoms with Crippen LogP contribution in [0.4, 0.5) is 4.79 Å². The molecule has 1 aromatic carbocycles. The van der Waals surface area contributed by atoms with Gasteiger partial charge in [0.25, 0.3) is 0 Å². The smallest absolute Gasteiger partial charge is 0.408 e. The Bertz CT molecular complexity index is 494. The van der Waals surface area contributed by atoms with Gasteiger partial charge in [0, 0.05) is 11.4 Å². The van der Waals surface area contributed by atoms with Crippen molar-refractivity contribution in [3.8, 4) is 0 Å². The van der Waals surface area contributed by atoms with Crippen molar-refractivity contribution in [1.82, 2.24) is 5.32 Å². The molecule has 1 unspecified atom stereocenters.